The van der Waals surface area contributed by atoms with Gasteiger partial charge in [0, 0.05) is 5.38 Å². The Kier molecular flexibility index (Phi) is 5.19. The molecule has 0 aromatic carbocycles. The molecule has 0 amide bonds. The van der Waals surface area contributed by atoms with E-state index in [-0.39, 0.29) is 0 Å². The van der Waals surface area contributed by atoms with Crippen molar-refractivity contribution in [2.75, 3.05) is 7.05 Å². The summed E-state index contributed by atoms with van der Waals surface area (Å²) in [6.07, 6.45) is 8.39. The molecule has 0 radical (unpaired) electrons. The van der Waals surface area contributed by atoms with Gasteiger partial charge < -0.3 is 5.32 Å². The summed E-state index contributed by atoms with van der Waals surface area (Å²) in [4.78, 5) is 4.80. The largest absolute Gasteiger partial charge is 0.311 e. The third kappa shape index (κ3) is 3.55. The maximum Gasteiger partial charge on any atom is 0.110 e. The Morgan fingerprint density at radius 2 is 2.06 bits per heavy atom. The molecule has 1 atom stereocenters. The van der Waals surface area contributed by atoms with Gasteiger partial charge >= 0.3 is 0 Å². The maximum absolute atomic E-state index is 4.80. The first kappa shape index (κ1) is 14.0. The third-order valence-electron chi connectivity index (χ3n) is 4.07. The van der Waals surface area contributed by atoms with E-state index in [4.69, 9.17) is 4.98 Å². The summed E-state index contributed by atoms with van der Waals surface area (Å²) >= 11 is 1.83. The third-order valence-corrected chi connectivity index (χ3v) is 5.05. The van der Waals surface area contributed by atoms with Crippen LogP contribution in [0, 0.1) is 5.92 Å². The highest BCUT2D eigenvalue weighted by Gasteiger charge is 2.21. The van der Waals surface area contributed by atoms with Crippen molar-refractivity contribution >= 4 is 11.3 Å². The van der Waals surface area contributed by atoms with Crippen LogP contribution in [0.2, 0.25) is 0 Å². The molecule has 0 aliphatic heterocycles. The van der Waals surface area contributed by atoms with Gasteiger partial charge in [0.2, 0.25) is 0 Å². The molecule has 1 aliphatic rings. The molecular formula is C15H26N2S. The lowest BCUT2D eigenvalue weighted by Gasteiger charge is -2.25. The van der Waals surface area contributed by atoms with E-state index in [1.54, 1.807) is 0 Å². The smallest absolute Gasteiger partial charge is 0.110 e. The minimum absolute atomic E-state index is 0.464. The molecule has 1 aliphatic carbocycles. The summed E-state index contributed by atoms with van der Waals surface area (Å²) in [6.45, 7) is 4.43. The lowest BCUT2D eigenvalue weighted by molar-refractivity contribution is 0.305. The highest BCUT2D eigenvalue weighted by Crippen LogP contribution is 2.33. The number of aromatic nitrogens is 1. The van der Waals surface area contributed by atoms with E-state index in [1.807, 2.05) is 11.3 Å². The molecular weight excluding hydrogens is 240 g/mol. The first-order chi connectivity index (χ1) is 8.70. The lowest BCUT2D eigenvalue weighted by atomic mass is 9.85. The van der Waals surface area contributed by atoms with Crippen LogP contribution in [0.5, 0.6) is 0 Å². The molecule has 1 fully saturated rings. The Bertz CT molecular complexity index is 353. The summed E-state index contributed by atoms with van der Waals surface area (Å²) in [5.41, 5.74) is 1.25. The summed E-state index contributed by atoms with van der Waals surface area (Å²) in [5, 5.41) is 6.98. The van der Waals surface area contributed by atoms with Gasteiger partial charge in [-0.3, -0.25) is 0 Å². The molecule has 3 heteroatoms. The van der Waals surface area contributed by atoms with Crippen LogP contribution in [0.3, 0.4) is 0 Å². The Hall–Kier alpha value is -0.410. The van der Waals surface area contributed by atoms with Crippen molar-refractivity contribution in [1.82, 2.24) is 10.3 Å². The predicted molar refractivity (Wildman–Crippen MR) is 79.2 cm³/mol. The van der Waals surface area contributed by atoms with Crippen LogP contribution >= 0.6 is 11.3 Å². The normalized spacial score (nSPS) is 19.3. The molecule has 0 saturated heterocycles. The van der Waals surface area contributed by atoms with E-state index in [0.717, 1.165) is 5.92 Å². The van der Waals surface area contributed by atoms with Crippen molar-refractivity contribution in [2.24, 2.45) is 5.92 Å². The molecule has 1 unspecified atom stereocenters. The first-order valence-electron chi connectivity index (χ1n) is 7.33. The predicted octanol–water partition coefficient (Wildman–Crippen LogP) is 4.50. The zero-order valence-electron chi connectivity index (χ0n) is 11.9. The molecule has 1 heterocycles. The molecule has 2 rings (SSSR count). The molecule has 102 valence electrons. The van der Waals surface area contributed by atoms with Gasteiger partial charge in [0.15, 0.2) is 0 Å². The van der Waals surface area contributed by atoms with E-state index in [2.05, 4.69) is 31.6 Å². The minimum Gasteiger partial charge on any atom is -0.311 e. The van der Waals surface area contributed by atoms with Crippen molar-refractivity contribution in [1.29, 1.82) is 0 Å². The van der Waals surface area contributed by atoms with Gasteiger partial charge in [-0.1, -0.05) is 46.0 Å². The highest BCUT2D eigenvalue weighted by molar-refractivity contribution is 7.09. The van der Waals surface area contributed by atoms with Gasteiger partial charge in [-0.2, -0.15) is 0 Å². The molecule has 1 aromatic heterocycles. The van der Waals surface area contributed by atoms with Crippen molar-refractivity contribution in [3.05, 3.63) is 16.1 Å². The van der Waals surface area contributed by atoms with Gasteiger partial charge in [-0.05, 0) is 25.3 Å². The Morgan fingerprint density at radius 1 is 1.33 bits per heavy atom. The molecule has 1 saturated carbocycles. The van der Waals surface area contributed by atoms with Crippen LogP contribution in [0.1, 0.15) is 75.0 Å². The average Bonchev–Trinajstić information content (AvgIpc) is 2.87. The van der Waals surface area contributed by atoms with Gasteiger partial charge in [0.25, 0.3) is 0 Å². The van der Waals surface area contributed by atoms with E-state index in [1.165, 1.54) is 49.2 Å². The SMILES string of the molecule is CNC(CC1CCCCC1)c1nc(C(C)C)cs1. The number of thiazole rings is 1. The molecule has 18 heavy (non-hydrogen) atoms. The summed E-state index contributed by atoms with van der Waals surface area (Å²) in [6, 6.07) is 0.464. The van der Waals surface area contributed by atoms with Crippen LogP contribution in [0.4, 0.5) is 0 Å². The maximum atomic E-state index is 4.80. The average molecular weight is 266 g/mol. The molecule has 1 N–H and O–H groups in total. The molecule has 1 aromatic rings. The zero-order valence-corrected chi connectivity index (χ0v) is 12.7. The van der Waals surface area contributed by atoms with Crippen molar-refractivity contribution in [3.8, 4) is 0 Å². The number of rotatable bonds is 5. The second-order valence-electron chi connectivity index (χ2n) is 5.85. The Balaban J connectivity index is 1.98. The van der Waals surface area contributed by atoms with E-state index < -0.39 is 0 Å². The summed E-state index contributed by atoms with van der Waals surface area (Å²) in [7, 11) is 2.07. The van der Waals surface area contributed by atoms with Crippen LogP contribution in [-0.2, 0) is 0 Å². The fourth-order valence-electron chi connectivity index (χ4n) is 2.82. The van der Waals surface area contributed by atoms with Crippen molar-refractivity contribution in [3.63, 3.8) is 0 Å². The number of hydrogen-bond donors (Lipinski definition) is 1. The van der Waals surface area contributed by atoms with Gasteiger partial charge in [0.05, 0.1) is 11.7 Å². The second-order valence-corrected chi connectivity index (χ2v) is 6.74. The van der Waals surface area contributed by atoms with Crippen molar-refractivity contribution < 1.29 is 0 Å². The summed E-state index contributed by atoms with van der Waals surface area (Å²) < 4.78 is 0. The fourth-order valence-corrected chi connectivity index (χ4v) is 3.93. The van der Waals surface area contributed by atoms with Crippen molar-refractivity contribution in [2.45, 2.75) is 64.3 Å². The fraction of sp³-hybridized carbons (Fsp3) is 0.800. The van der Waals surface area contributed by atoms with Gasteiger partial charge in [0.1, 0.15) is 5.01 Å². The minimum atomic E-state index is 0.464. The number of nitrogens with zero attached hydrogens (tertiary/aromatic N) is 1. The van der Waals surface area contributed by atoms with E-state index >= 15 is 0 Å². The Morgan fingerprint density at radius 3 is 2.61 bits per heavy atom. The number of nitrogens with one attached hydrogen (secondary N) is 1. The molecule has 0 bridgehead atoms. The van der Waals surface area contributed by atoms with Gasteiger partial charge in [-0.25, -0.2) is 4.98 Å². The van der Waals surface area contributed by atoms with Crippen LogP contribution in [0.25, 0.3) is 0 Å². The first-order valence-corrected chi connectivity index (χ1v) is 8.21. The zero-order chi connectivity index (χ0) is 13.0. The lowest BCUT2D eigenvalue weighted by Crippen LogP contribution is -2.21. The van der Waals surface area contributed by atoms with Gasteiger partial charge in [-0.15, -0.1) is 11.3 Å². The number of hydrogen-bond acceptors (Lipinski definition) is 3. The molecule has 0 spiro atoms. The second kappa shape index (κ2) is 6.67. The topological polar surface area (TPSA) is 24.9 Å². The van der Waals surface area contributed by atoms with Crippen LogP contribution in [0.15, 0.2) is 5.38 Å². The standard InChI is InChI=1S/C15H26N2S/c1-11(2)14-10-18-15(17-14)13(16-3)9-12-7-5-4-6-8-12/h10-13,16H,4-9H2,1-3H3. The van der Waals surface area contributed by atoms with E-state index in [9.17, 15) is 0 Å². The highest BCUT2D eigenvalue weighted by atomic mass is 32.1. The van der Waals surface area contributed by atoms with E-state index in [0.29, 0.717) is 12.0 Å². The van der Waals surface area contributed by atoms with Crippen LogP contribution < -0.4 is 5.32 Å². The monoisotopic (exact) mass is 266 g/mol. The quantitative estimate of drug-likeness (QED) is 0.849. The molecule has 2 nitrogen and oxygen atoms in total. The van der Waals surface area contributed by atoms with Crippen LogP contribution in [-0.4, -0.2) is 12.0 Å². The summed E-state index contributed by atoms with van der Waals surface area (Å²) in [5.74, 6) is 1.45. The Labute approximate surface area is 115 Å².